The molecule has 0 aromatic heterocycles. The van der Waals surface area contributed by atoms with Crippen molar-refractivity contribution < 1.29 is 19.5 Å². The zero-order valence-corrected chi connectivity index (χ0v) is 8.97. The van der Waals surface area contributed by atoms with E-state index in [1.807, 2.05) is 5.32 Å². The Labute approximate surface area is 92.6 Å². The number of nitrogens with one attached hydrogen (secondary N) is 1. The number of hydrogen-bond donors (Lipinski definition) is 3. The Morgan fingerprint density at radius 1 is 1.50 bits per heavy atom. The summed E-state index contributed by atoms with van der Waals surface area (Å²) in [5.41, 5.74) is 4.78. The number of hydrogen-bond acceptors (Lipinski definition) is 4. The molecular formula is C9H15N3O4. The van der Waals surface area contributed by atoms with Crippen LogP contribution in [0, 0.1) is 11.8 Å². The first-order chi connectivity index (χ1) is 7.40. The molecule has 0 aromatic rings. The summed E-state index contributed by atoms with van der Waals surface area (Å²) in [6.45, 7) is 2.83. The lowest BCUT2D eigenvalue weighted by atomic mass is 9.87. The van der Waals surface area contributed by atoms with Crippen LogP contribution in [0.25, 0.3) is 0 Å². The fraction of sp³-hybridized carbons (Fsp3) is 0.667. The topological polar surface area (TPSA) is 113 Å². The van der Waals surface area contributed by atoms with E-state index in [4.69, 9.17) is 10.8 Å². The van der Waals surface area contributed by atoms with Crippen LogP contribution in [-0.2, 0) is 9.59 Å². The highest BCUT2D eigenvalue weighted by atomic mass is 16.4. The first-order valence-electron chi connectivity index (χ1n) is 4.94. The third-order valence-electron chi connectivity index (χ3n) is 2.71. The summed E-state index contributed by atoms with van der Waals surface area (Å²) in [5.74, 6) is -1.63. The number of carboxylic acid groups (broad SMARTS) is 1. The van der Waals surface area contributed by atoms with Gasteiger partial charge in [0.2, 0.25) is 5.91 Å². The first kappa shape index (κ1) is 12.4. The van der Waals surface area contributed by atoms with Crippen molar-refractivity contribution in [3.05, 3.63) is 0 Å². The first-order valence-corrected chi connectivity index (χ1v) is 4.94. The zero-order valence-electron chi connectivity index (χ0n) is 8.97. The van der Waals surface area contributed by atoms with Crippen molar-refractivity contribution in [1.82, 2.24) is 10.2 Å². The van der Waals surface area contributed by atoms with Gasteiger partial charge in [0.05, 0.1) is 12.5 Å². The number of imide groups is 1. The van der Waals surface area contributed by atoms with Crippen LogP contribution in [0.5, 0.6) is 0 Å². The van der Waals surface area contributed by atoms with E-state index in [1.54, 1.807) is 11.8 Å². The van der Waals surface area contributed by atoms with Gasteiger partial charge < -0.3 is 10.8 Å². The third-order valence-corrected chi connectivity index (χ3v) is 2.71. The smallest absolute Gasteiger partial charge is 0.318 e. The van der Waals surface area contributed by atoms with E-state index in [0.29, 0.717) is 13.1 Å². The van der Waals surface area contributed by atoms with Crippen LogP contribution < -0.4 is 11.1 Å². The molecule has 1 aliphatic heterocycles. The summed E-state index contributed by atoms with van der Waals surface area (Å²) in [5, 5.41) is 10.7. The standard InChI is InChI=1S/C9H15N3O4/c1-5(8(14)15)6-2-12(3-6)4-7(13)11-9(10)16/h5-6H,2-4H2,1H3,(H,14,15)(H3,10,11,13,16). The molecule has 0 spiro atoms. The molecule has 16 heavy (non-hydrogen) atoms. The Morgan fingerprint density at radius 2 is 2.06 bits per heavy atom. The molecule has 1 atom stereocenters. The van der Waals surface area contributed by atoms with E-state index in [0.717, 1.165) is 0 Å². The quantitative estimate of drug-likeness (QED) is 0.562. The van der Waals surface area contributed by atoms with E-state index >= 15 is 0 Å². The Morgan fingerprint density at radius 3 is 2.50 bits per heavy atom. The van der Waals surface area contributed by atoms with Gasteiger partial charge in [0.25, 0.3) is 0 Å². The molecule has 0 bridgehead atoms. The molecule has 1 fully saturated rings. The van der Waals surface area contributed by atoms with Gasteiger partial charge in [-0.1, -0.05) is 6.92 Å². The Bertz CT molecular complexity index is 312. The average Bonchev–Trinajstić information content (AvgIpc) is 2.08. The fourth-order valence-corrected chi connectivity index (χ4v) is 1.64. The highest BCUT2D eigenvalue weighted by Crippen LogP contribution is 2.23. The molecule has 1 saturated heterocycles. The van der Waals surface area contributed by atoms with E-state index in [1.165, 1.54) is 0 Å². The Kier molecular flexibility index (Phi) is 3.83. The van der Waals surface area contributed by atoms with Crippen molar-refractivity contribution >= 4 is 17.9 Å². The highest BCUT2D eigenvalue weighted by Gasteiger charge is 2.35. The van der Waals surface area contributed by atoms with Gasteiger partial charge in [-0.25, -0.2) is 4.79 Å². The van der Waals surface area contributed by atoms with Gasteiger partial charge in [-0.15, -0.1) is 0 Å². The van der Waals surface area contributed by atoms with Gasteiger partial charge in [-0.05, 0) is 5.92 Å². The van der Waals surface area contributed by atoms with Crippen molar-refractivity contribution in [2.24, 2.45) is 17.6 Å². The number of carbonyl (C=O) groups is 3. The maximum Gasteiger partial charge on any atom is 0.318 e. The van der Waals surface area contributed by atoms with Crippen LogP contribution in [0.1, 0.15) is 6.92 Å². The van der Waals surface area contributed by atoms with Crippen molar-refractivity contribution in [2.45, 2.75) is 6.92 Å². The van der Waals surface area contributed by atoms with Gasteiger partial charge in [0.15, 0.2) is 0 Å². The fourth-order valence-electron chi connectivity index (χ4n) is 1.64. The number of nitrogens with two attached hydrogens (primary N) is 1. The van der Waals surface area contributed by atoms with Gasteiger partial charge >= 0.3 is 12.0 Å². The SMILES string of the molecule is CC(C(=O)O)C1CN(CC(=O)NC(N)=O)C1. The summed E-state index contributed by atoms with van der Waals surface area (Å²) in [6.07, 6.45) is 0. The largest absolute Gasteiger partial charge is 0.481 e. The summed E-state index contributed by atoms with van der Waals surface area (Å²) < 4.78 is 0. The molecule has 1 aliphatic rings. The molecule has 0 aliphatic carbocycles. The lowest BCUT2D eigenvalue weighted by Gasteiger charge is -2.40. The number of nitrogens with zero attached hydrogens (tertiary/aromatic N) is 1. The summed E-state index contributed by atoms with van der Waals surface area (Å²) >= 11 is 0. The Hall–Kier alpha value is -1.63. The number of urea groups is 1. The van der Waals surface area contributed by atoms with Gasteiger partial charge in [-0.3, -0.25) is 19.8 Å². The molecule has 1 rings (SSSR count). The highest BCUT2D eigenvalue weighted by molar-refractivity contribution is 5.94. The summed E-state index contributed by atoms with van der Waals surface area (Å²) in [6, 6.07) is -0.874. The third kappa shape index (κ3) is 3.20. The van der Waals surface area contributed by atoms with Crippen LogP contribution in [0.4, 0.5) is 4.79 Å². The zero-order chi connectivity index (χ0) is 12.3. The molecule has 0 radical (unpaired) electrons. The van der Waals surface area contributed by atoms with Crippen LogP contribution in [0.3, 0.4) is 0 Å². The molecule has 3 amide bonds. The predicted octanol–water partition coefficient (Wildman–Crippen LogP) is -1.17. The lowest BCUT2D eigenvalue weighted by Crippen LogP contribution is -2.54. The summed E-state index contributed by atoms with van der Waals surface area (Å²) in [4.78, 5) is 33.9. The molecule has 1 unspecified atom stereocenters. The molecule has 7 nitrogen and oxygen atoms in total. The number of carboxylic acids is 1. The lowest BCUT2D eigenvalue weighted by molar-refractivity contribution is -0.145. The number of carbonyl (C=O) groups excluding carboxylic acids is 2. The monoisotopic (exact) mass is 229 g/mol. The molecular weight excluding hydrogens is 214 g/mol. The van der Waals surface area contributed by atoms with Gasteiger partial charge in [0.1, 0.15) is 0 Å². The minimum absolute atomic E-state index is 0.0684. The van der Waals surface area contributed by atoms with Gasteiger partial charge in [-0.2, -0.15) is 0 Å². The van der Waals surface area contributed by atoms with Crippen LogP contribution in [-0.4, -0.2) is 47.5 Å². The maximum absolute atomic E-state index is 11.1. The van der Waals surface area contributed by atoms with Crippen LogP contribution in [0.2, 0.25) is 0 Å². The van der Waals surface area contributed by atoms with E-state index in [9.17, 15) is 14.4 Å². The minimum atomic E-state index is -0.874. The van der Waals surface area contributed by atoms with Crippen LogP contribution in [0.15, 0.2) is 0 Å². The van der Waals surface area contributed by atoms with E-state index < -0.39 is 23.8 Å². The normalized spacial score (nSPS) is 18.6. The molecule has 1 heterocycles. The van der Waals surface area contributed by atoms with Crippen LogP contribution >= 0.6 is 0 Å². The van der Waals surface area contributed by atoms with E-state index in [2.05, 4.69) is 0 Å². The molecule has 4 N–H and O–H groups in total. The van der Waals surface area contributed by atoms with Crippen molar-refractivity contribution in [3.63, 3.8) is 0 Å². The van der Waals surface area contributed by atoms with Crippen molar-refractivity contribution in [3.8, 4) is 0 Å². The second kappa shape index (κ2) is 4.93. The van der Waals surface area contributed by atoms with Crippen molar-refractivity contribution in [2.75, 3.05) is 19.6 Å². The predicted molar refractivity (Wildman–Crippen MR) is 54.5 cm³/mol. The second-order valence-corrected chi connectivity index (χ2v) is 3.99. The molecule has 0 saturated carbocycles. The maximum atomic E-state index is 11.1. The number of rotatable bonds is 4. The average molecular weight is 229 g/mol. The molecule has 0 aromatic carbocycles. The number of amides is 3. The van der Waals surface area contributed by atoms with Gasteiger partial charge in [0, 0.05) is 13.1 Å². The summed E-state index contributed by atoms with van der Waals surface area (Å²) in [7, 11) is 0. The van der Waals surface area contributed by atoms with Crippen molar-refractivity contribution in [1.29, 1.82) is 0 Å². The van der Waals surface area contributed by atoms with E-state index in [-0.39, 0.29) is 12.5 Å². The minimum Gasteiger partial charge on any atom is -0.481 e. The molecule has 7 heteroatoms. The number of aliphatic carboxylic acids is 1. The number of likely N-dealkylation sites (tertiary alicyclic amines) is 1. The Balaban J connectivity index is 2.24. The number of primary amides is 1. The molecule has 90 valence electrons. The second-order valence-electron chi connectivity index (χ2n) is 3.99.